The highest BCUT2D eigenvalue weighted by Gasteiger charge is 2.41. The zero-order valence-corrected chi connectivity index (χ0v) is 71.5. The molecular formula is C87H119N13O18S2. The summed E-state index contributed by atoms with van der Waals surface area (Å²) in [7, 11) is 5.60. The van der Waals surface area contributed by atoms with Crippen molar-refractivity contribution in [1.29, 1.82) is 0 Å². The van der Waals surface area contributed by atoms with Gasteiger partial charge in [-0.2, -0.15) is 24.4 Å². The summed E-state index contributed by atoms with van der Waals surface area (Å²) >= 11 is 5.50. The molecule has 1 aromatic heterocycles. The Morgan fingerprint density at radius 1 is 0.642 bits per heavy atom. The largest absolute Gasteiger partial charge is 0.508 e. The fourth-order valence-electron chi connectivity index (χ4n) is 14.9. The van der Waals surface area contributed by atoms with Crippen molar-refractivity contribution in [3.63, 3.8) is 0 Å². The summed E-state index contributed by atoms with van der Waals surface area (Å²) in [5.74, 6) is -16.2. The zero-order valence-electron chi connectivity index (χ0n) is 69.8. The first-order valence-electron chi connectivity index (χ1n) is 40.6. The number of thioether (sulfide) groups is 1. The normalized spacial score (nSPS) is 23.4. The number of phenolic OH excluding ortho intramolecular Hbond substituents is 1. The molecule has 33 heteroatoms. The number of nitrogens with zero attached hydrogens (tertiary/aromatic N) is 6. The Morgan fingerprint density at radius 3 is 1.87 bits per heavy atom. The first-order valence-corrected chi connectivity index (χ1v) is 42.4. The number of carbonyl (C=O) groups is 15. The molecule has 11 atom stereocenters. The second-order valence-electron chi connectivity index (χ2n) is 31.4. The number of nitrogens with one attached hydrogen (secondary N) is 4. The molecule has 8 amide bonds. The van der Waals surface area contributed by atoms with Crippen LogP contribution in [0, 0.1) is 29.6 Å². The van der Waals surface area contributed by atoms with Gasteiger partial charge in [-0.15, -0.1) is 0 Å². The van der Waals surface area contributed by atoms with E-state index in [0.717, 1.165) is 44.4 Å². The maximum atomic E-state index is 15.5. The third kappa shape index (κ3) is 30.9. The lowest BCUT2D eigenvalue weighted by Gasteiger charge is -2.36. The van der Waals surface area contributed by atoms with E-state index >= 15 is 14.4 Å². The predicted octanol–water partition coefficient (Wildman–Crippen LogP) is 4.37. The van der Waals surface area contributed by atoms with E-state index in [2.05, 4.69) is 38.6 Å². The molecule has 0 radical (unpaired) electrons. The molecule has 0 saturated carbocycles. The van der Waals surface area contributed by atoms with Crippen LogP contribution >= 0.6 is 24.4 Å². The van der Waals surface area contributed by atoms with Crippen LogP contribution in [0.25, 0.3) is 10.9 Å². The van der Waals surface area contributed by atoms with Gasteiger partial charge < -0.3 is 73.1 Å². The van der Waals surface area contributed by atoms with Gasteiger partial charge >= 0.3 is 5.97 Å². The van der Waals surface area contributed by atoms with Crippen molar-refractivity contribution in [2.45, 2.75) is 179 Å². The maximum Gasteiger partial charge on any atom is 0.305 e. The molecule has 2 fully saturated rings. The number of ketones is 6. The number of carbonyl (C=O) groups excluding carboxylic acids is 14. The topological polar surface area (TPSA) is 475 Å². The number of benzene rings is 4. The van der Waals surface area contributed by atoms with Gasteiger partial charge in [0.25, 0.3) is 0 Å². The number of thiol groups is 1. The number of aromatic nitrogens is 1. The number of aliphatic hydroxyl groups is 1. The van der Waals surface area contributed by atoms with E-state index in [4.69, 9.17) is 17.2 Å². The van der Waals surface area contributed by atoms with Crippen LogP contribution in [-0.4, -0.2) is 259 Å². The highest BCUT2D eigenvalue weighted by molar-refractivity contribution is 8.00. The number of phenols is 1. The number of aliphatic hydroxyl groups excluding tert-OH is 1. The van der Waals surface area contributed by atoms with Crippen molar-refractivity contribution >= 4 is 129 Å². The van der Waals surface area contributed by atoms with Crippen LogP contribution in [0.5, 0.6) is 5.75 Å². The number of amides is 8. The summed E-state index contributed by atoms with van der Waals surface area (Å²) in [6.45, 7) is 5.58. The molecule has 13 N–H and O–H groups in total. The van der Waals surface area contributed by atoms with Crippen molar-refractivity contribution in [3.8, 4) is 5.75 Å². The van der Waals surface area contributed by atoms with Crippen molar-refractivity contribution in [3.05, 3.63) is 138 Å². The Bertz CT molecular complexity index is 4370. The van der Waals surface area contributed by atoms with Crippen LogP contribution in [0.2, 0.25) is 0 Å². The number of carboxylic acids is 1. The third-order valence-corrected chi connectivity index (χ3v) is 23.4. The molecular weight excluding hydrogens is 1580 g/mol. The molecule has 120 heavy (non-hydrogen) atoms. The van der Waals surface area contributed by atoms with Gasteiger partial charge in [0.2, 0.25) is 47.3 Å². The zero-order chi connectivity index (χ0) is 88.4. The van der Waals surface area contributed by atoms with Gasteiger partial charge in [-0.1, -0.05) is 112 Å². The number of H-pyrrole nitrogens is 1. The van der Waals surface area contributed by atoms with Crippen molar-refractivity contribution < 1.29 is 87.2 Å². The Kier molecular flexibility index (Phi) is 40.2. The molecule has 2 saturated heterocycles. The number of rotatable bonds is 20. The number of aliphatic carboxylic acids is 1. The van der Waals surface area contributed by atoms with Gasteiger partial charge in [-0.3, -0.25) is 81.8 Å². The fraction of sp³-hybridized carbons (Fsp3) is 0.517. The number of aromatic amines is 1. The Morgan fingerprint density at radius 2 is 1.27 bits per heavy atom. The monoisotopic (exact) mass is 1700 g/mol. The minimum absolute atomic E-state index is 0.00999. The lowest BCUT2D eigenvalue weighted by molar-refractivity contribution is -0.147. The number of para-hydroxylation sites is 1. The summed E-state index contributed by atoms with van der Waals surface area (Å²) in [6.07, 6.45) is 0.414. The van der Waals surface area contributed by atoms with Crippen LogP contribution < -0.4 is 33.2 Å². The van der Waals surface area contributed by atoms with Crippen molar-refractivity contribution in [2.24, 2.45) is 51.8 Å². The lowest BCUT2D eigenvalue weighted by atomic mass is 9.85. The molecule has 5 aromatic rings. The molecule has 0 spiro atoms. The highest BCUT2D eigenvalue weighted by atomic mass is 32.2. The quantitative estimate of drug-likeness (QED) is 0.0223. The first kappa shape index (κ1) is 98.2. The molecule has 0 bridgehead atoms. The number of aromatic hydroxyl groups is 1. The standard InChI is InChI=1S/C83H110N12O17S2.C4H9NO/c1-50(2)64-41-74(103)67(42-76(105)106)89-77(107)58(47-113)40-73(102)55(37-57-43-87-65-23-15-14-22-63(57)65)38-62(100)48-114-49-68(51(3)97)90-78(108)69-25-17-33-95(69)44-59(35-52-18-10-8-11-19-52)92(5)79(109)56(34-54-26-28-60(98)29-27-54)39-61(99)45-91(4)82(112)70(36-53-20-12-9-13-21-53)93(6)81(111)66(24-16-32-86-83(84)85)88-75(104)31-30-72(101)71(46-96)94(7)80(64)110;1-2-3-4(5)6/h8-15,18-23,26-29,43,50,55-56,58-59,64,66-71,87,96,98,113H,16-17,24-25,30-42,44-49H2,1-7H3,(H,88,104)(H,89,107)(H,90,108)(H,105,106)(H4,84,85,86);2-3H2,1H3,(H2,5,6)/t55?,56?,58?,59?,64?,66?,67?,68?,69-,70?,71?;/m1./s1. The average Bonchev–Trinajstić information content (AvgIpc) is 1.24. The molecule has 2 aliphatic rings. The lowest BCUT2D eigenvalue weighted by Crippen LogP contribution is -2.56. The number of Topliss-reactive ketones (excluding diaryl/α,β-unsaturated/α-hetero) is 6. The van der Waals surface area contributed by atoms with Gasteiger partial charge in [0, 0.05) is 145 Å². The van der Waals surface area contributed by atoms with E-state index in [9.17, 15) is 72.9 Å². The molecule has 3 heterocycles. The van der Waals surface area contributed by atoms with Crippen molar-refractivity contribution in [2.75, 3.05) is 78.2 Å². The summed E-state index contributed by atoms with van der Waals surface area (Å²) < 4.78 is 0. The fourth-order valence-corrected chi connectivity index (χ4v) is 16.2. The van der Waals surface area contributed by atoms with Gasteiger partial charge in [0.1, 0.15) is 35.4 Å². The summed E-state index contributed by atoms with van der Waals surface area (Å²) in [6, 6.07) is 23.2. The van der Waals surface area contributed by atoms with Crippen LogP contribution in [-0.2, 0) is 97.6 Å². The SMILES string of the molecule is CC(=O)C1CSCC(=O)CC(Cc2c[nH]c3ccccc23)C(=O)CC(CS)C(=O)NC(CC(=O)O)C(=O)CC(C(C)C)C(=O)N(C)C(CO)C(=O)CCC(=O)NC(CCCN=C(N)N)C(=O)N(C)C(Cc2ccccc2)C(=O)N(C)CC(=O)CC(Cc2ccc(O)cc2)C(=O)N(C)C(Cc2ccccc2)CN2CCC[C@@H]2C(=O)N1.CCCC(N)=O. The maximum absolute atomic E-state index is 15.5. The van der Waals surface area contributed by atoms with Crippen LogP contribution in [0.15, 0.2) is 120 Å². The number of guanidine groups is 1. The Hall–Kier alpha value is -10.6. The molecule has 7 rings (SSSR count). The minimum atomic E-state index is -1.75. The van der Waals surface area contributed by atoms with E-state index in [1.807, 2.05) is 66.4 Å². The third-order valence-electron chi connectivity index (χ3n) is 21.8. The second kappa shape index (κ2) is 49.2. The molecule has 31 nitrogen and oxygen atoms in total. The highest BCUT2D eigenvalue weighted by Crippen LogP contribution is 2.30. The molecule has 0 aliphatic carbocycles. The van der Waals surface area contributed by atoms with E-state index in [1.165, 1.54) is 45.1 Å². The van der Waals surface area contributed by atoms with Gasteiger partial charge in [0.05, 0.1) is 49.4 Å². The first-order chi connectivity index (χ1) is 57.0. The number of nitrogens with two attached hydrogens (primary N) is 3. The van der Waals surface area contributed by atoms with Gasteiger partial charge in [-0.05, 0) is 111 Å². The number of aliphatic imine (C=N–C) groups is 1. The Balaban J connectivity index is 0.00000358. The molecule has 10 unspecified atom stereocenters. The van der Waals surface area contributed by atoms with E-state index in [0.29, 0.717) is 48.9 Å². The summed E-state index contributed by atoms with van der Waals surface area (Å²) in [4.78, 5) is 225. The number of primary amides is 1. The minimum Gasteiger partial charge on any atom is -0.508 e. The molecule has 4 aromatic carbocycles. The second-order valence-corrected chi connectivity index (χ2v) is 32.8. The Labute approximate surface area is 710 Å². The molecule has 2 aliphatic heterocycles. The van der Waals surface area contributed by atoms with Crippen LogP contribution in [0.3, 0.4) is 0 Å². The smallest absolute Gasteiger partial charge is 0.305 e. The average molecular weight is 1700 g/mol. The van der Waals surface area contributed by atoms with Crippen LogP contribution in [0.1, 0.15) is 133 Å². The van der Waals surface area contributed by atoms with E-state index in [1.54, 1.807) is 74.5 Å². The van der Waals surface area contributed by atoms with E-state index in [-0.39, 0.29) is 104 Å². The number of fused-ring (bicyclic) bond motifs is 2. The van der Waals surface area contributed by atoms with Crippen LogP contribution in [0.4, 0.5) is 0 Å². The number of carboxylic acid groups (broad SMARTS) is 1. The van der Waals surface area contributed by atoms with E-state index < -0.39 is 188 Å². The molecule has 652 valence electrons. The summed E-state index contributed by atoms with van der Waals surface area (Å²) in [5.41, 5.74) is 19.6. The number of hydrogen-bond donors (Lipinski definition) is 11. The number of likely N-dealkylation sites (N-methyl/N-ethyl adjacent to an activating group) is 4. The van der Waals surface area contributed by atoms with Crippen molar-refractivity contribution in [1.82, 2.24) is 45.4 Å². The van der Waals surface area contributed by atoms with Gasteiger partial charge in [-0.25, -0.2) is 0 Å². The predicted molar refractivity (Wildman–Crippen MR) is 459 cm³/mol. The van der Waals surface area contributed by atoms with Gasteiger partial charge in [0.15, 0.2) is 29.1 Å². The summed E-state index contributed by atoms with van der Waals surface area (Å²) in [5, 5.41) is 40.0. The number of hydrogen-bond acceptors (Lipinski definition) is 21.